The van der Waals surface area contributed by atoms with Crippen LogP contribution in [0.2, 0.25) is 0 Å². The van der Waals surface area contributed by atoms with Crippen molar-refractivity contribution in [3.05, 3.63) is 29.8 Å². The van der Waals surface area contributed by atoms with Gasteiger partial charge in [-0.1, -0.05) is 12.1 Å². The summed E-state index contributed by atoms with van der Waals surface area (Å²) in [6, 6.07) is 7.84. The molecule has 1 saturated heterocycles. The number of amides is 1. The summed E-state index contributed by atoms with van der Waals surface area (Å²) in [6.07, 6.45) is 2.81. The van der Waals surface area contributed by atoms with E-state index in [4.69, 9.17) is 4.74 Å². The standard InChI is InChI=1S/C17H26N2O2.ClH/c1-3-21-16-8-6-14(7-9-16)11-17(20)19-10-4-5-15(13-19)12-18-2;/h6-9,15,18H,3-5,10-13H2,1-2H3;1H. The molecule has 0 saturated carbocycles. The Bertz CT molecular complexity index is 448. The largest absolute Gasteiger partial charge is 0.494 e. The molecule has 1 heterocycles. The number of rotatable bonds is 6. The highest BCUT2D eigenvalue weighted by Crippen LogP contribution is 2.18. The maximum Gasteiger partial charge on any atom is 0.226 e. The van der Waals surface area contributed by atoms with E-state index in [1.165, 1.54) is 6.42 Å². The minimum atomic E-state index is 0. The van der Waals surface area contributed by atoms with Crippen LogP contribution < -0.4 is 10.1 Å². The van der Waals surface area contributed by atoms with Gasteiger partial charge in [0.2, 0.25) is 5.91 Å². The van der Waals surface area contributed by atoms with Crippen LogP contribution in [0, 0.1) is 5.92 Å². The number of carbonyl (C=O) groups excluding carboxylic acids is 1. The normalized spacial score (nSPS) is 17.7. The third-order valence-corrected chi connectivity index (χ3v) is 3.95. The minimum Gasteiger partial charge on any atom is -0.494 e. The third kappa shape index (κ3) is 5.50. The Kier molecular flexibility index (Phi) is 8.28. The second-order valence-corrected chi connectivity index (χ2v) is 5.66. The molecule has 0 bridgehead atoms. The van der Waals surface area contributed by atoms with Crippen molar-refractivity contribution in [2.24, 2.45) is 5.92 Å². The first kappa shape index (κ1) is 18.8. The highest BCUT2D eigenvalue weighted by Gasteiger charge is 2.23. The molecule has 0 aromatic heterocycles. The number of ether oxygens (including phenoxy) is 1. The highest BCUT2D eigenvalue weighted by molar-refractivity contribution is 5.85. The number of benzene rings is 1. The van der Waals surface area contributed by atoms with E-state index in [-0.39, 0.29) is 18.3 Å². The van der Waals surface area contributed by atoms with Crippen molar-refractivity contribution in [1.82, 2.24) is 10.2 Å². The number of likely N-dealkylation sites (tertiary alicyclic amines) is 1. The molecular formula is C17H27ClN2O2. The van der Waals surface area contributed by atoms with Crippen molar-refractivity contribution in [3.63, 3.8) is 0 Å². The zero-order valence-corrected chi connectivity index (χ0v) is 14.3. The fraction of sp³-hybridized carbons (Fsp3) is 0.588. The molecule has 0 aliphatic carbocycles. The summed E-state index contributed by atoms with van der Waals surface area (Å²) in [5, 5.41) is 3.21. The van der Waals surface area contributed by atoms with Gasteiger partial charge in [0.05, 0.1) is 13.0 Å². The molecule has 22 heavy (non-hydrogen) atoms. The number of piperidine rings is 1. The van der Waals surface area contributed by atoms with E-state index in [0.717, 1.165) is 37.4 Å². The SMILES string of the molecule is CCOc1ccc(CC(=O)N2CCCC(CNC)C2)cc1.Cl. The Morgan fingerprint density at radius 1 is 1.36 bits per heavy atom. The second-order valence-electron chi connectivity index (χ2n) is 5.66. The van der Waals surface area contributed by atoms with Gasteiger partial charge in [-0.05, 0) is 57.0 Å². The average molecular weight is 327 g/mol. The highest BCUT2D eigenvalue weighted by atomic mass is 35.5. The quantitative estimate of drug-likeness (QED) is 0.873. The minimum absolute atomic E-state index is 0. The maximum atomic E-state index is 12.4. The first-order valence-electron chi connectivity index (χ1n) is 7.87. The molecular weight excluding hydrogens is 300 g/mol. The van der Waals surface area contributed by atoms with Crippen molar-refractivity contribution in [2.75, 3.05) is 33.3 Å². The molecule has 0 spiro atoms. The first-order chi connectivity index (χ1) is 10.2. The van der Waals surface area contributed by atoms with E-state index < -0.39 is 0 Å². The zero-order chi connectivity index (χ0) is 15.1. The van der Waals surface area contributed by atoms with Gasteiger partial charge in [-0.25, -0.2) is 0 Å². The van der Waals surface area contributed by atoms with E-state index in [1.54, 1.807) is 0 Å². The molecule has 124 valence electrons. The molecule has 1 atom stereocenters. The second kappa shape index (κ2) is 9.70. The third-order valence-electron chi connectivity index (χ3n) is 3.95. The Labute approximate surface area is 139 Å². The molecule has 1 N–H and O–H groups in total. The molecule has 1 aromatic carbocycles. The lowest BCUT2D eigenvalue weighted by Gasteiger charge is -2.32. The molecule has 2 rings (SSSR count). The van der Waals surface area contributed by atoms with Crippen LogP contribution in [0.3, 0.4) is 0 Å². The Hall–Kier alpha value is -1.26. The number of hydrogen-bond donors (Lipinski definition) is 1. The Morgan fingerprint density at radius 3 is 2.73 bits per heavy atom. The summed E-state index contributed by atoms with van der Waals surface area (Å²) in [5.74, 6) is 1.69. The lowest BCUT2D eigenvalue weighted by Crippen LogP contribution is -2.43. The van der Waals surface area contributed by atoms with Gasteiger partial charge < -0.3 is 15.0 Å². The molecule has 1 unspecified atom stereocenters. The molecule has 0 radical (unpaired) electrons. The smallest absolute Gasteiger partial charge is 0.226 e. The summed E-state index contributed by atoms with van der Waals surface area (Å²) in [7, 11) is 1.97. The fourth-order valence-electron chi connectivity index (χ4n) is 2.90. The lowest BCUT2D eigenvalue weighted by atomic mass is 9.97. The van der Waals surface area contributed by atoms with Crippen molar-refractivity contribution in [2.45, 2.75) is 26.2 Å². The van der Waals surface area contributed by atoms with Gasteiger partial charge in [0.25, 0.3) is 0 Å². The van der Waals surface area contributed by atoms with Gasteiger partial charge >= 0.3 is 0 Å². The Balaban J connectivity index is 0.00000242. The number of nitrogens with zero attached hydrogens (tertiary/aromatic N) is 1. The monoisotopic (exact) mass is 326 g/mol. The van der Waals surface area contributed by atoms with Crippen molar-refractivity contribution < 1.29 is 9.53 Å². The fourth-order valence-corrected chi connectivity index (χ4v) is 2.90. The Morgan fingerprint density at radius 2 is 2.09 bits per heavy atom. The zero-order valence-electron chi connectivity index (χ0n) is 13.5. The van der Waals surface area contributed by atoms with E-state index in [0.29, 0.717) is 18.9 Å². The van der Waals surface area contributed by atoms with E-state index >= 15 is 0 Å². The lowest BCUT2D eigenvalue weighted by molar-refractivity contribution is -0.132. The van der Waals surface area contributed by atoms with Crippen LogP contribution in [0.1, 0.15) is 25.3 Å². The van der Waals surface area contributed by atoms with Crippen molar-refractivity contribution in [3.8, 4) is 5.75 Å². The molecule has 1 amide bonds. The van der Waals surface area contributed by atoms with Crippen LogP contribution in [-0.4, -0.2) is 44.1 Å². The van der Waals surface area contributed by atoms with Crippen molar-refractivity contribution >= 4 is 18.3 Å². The summed E-state index contributed by atoms with van der Waals surface area (Å²) in [4.78, 5) is 14.4. The topological polar surface area (TPSA) is 41.6 Å². The predicted octanol–water partition coefficient (Wildman–Crippen LogP) is 2.51. The summed E-state index contributed by atoms with van der Waals surface area (Å²) >= 11 is 0. The predicted molar refractivity (Wildman–Crippen MR) is 91.8 cm³/mol. The van der Waals surface area contributed by atoms with Gasteiger partial charge in [-0.2, -0.15) is 0 Å². The van der Waals surface area contributed by atoms with Crippen LogP contribution in [-0.2, 0) is 11.2 Å². The summed E-state index contributed by atoms with van der Waals surface area (Å²) < 4.78 is 5.42. The van der Waals surface area contributed by atoms with E-state index in [1.807, 2.05) is 43.1 Å². The molecule has 1 aliphatic heterocycles. The van der Waals surface area contributed by atoms with E-state index in [9.17, 15) is 4.79 Å². The van der Waals surface area contributed by atoms with Crippen LogP contribution in [0.25, 0.3) is 0 Å². The van der Waals surface area contributed by atoms with Gasteiger partial charge in [0.15, 0.2) is 0 Å². The van der Waals surface area contributed by atoms with Crippen LogP contribution >= 0.6 is 12.4 Å². The van der Waals surface area contributed by atoms with Gasteiger partial charge in [0, 0.05) is 13.1 Å². The molecule has 1 aromatic rings. The van der Waals surface area contributed by atoms with Crippen molar-refractivity contribution in [1.29, 1.82) is 0 Å². The van der Waals surface area contributed by atoms with Gasteiger partial charge in [-0.15, -0.1) is 12.4 Å². The number of halogens is 1. The summed E-state index contributed by atoms with van der Waals surface area (Å²) in [6.45, 7) is 5.41. The average Bonchev–Trinajstić information content (AvgIpc) is 2.50. The number of carbonyl (C=O) groups is 1. The number of nitrogens with one attached hydrogen (secondary N) is 1. The van der Waals surface area contributed by atoms with E-state index in [2.05, 4.69) is 5.32 Å². The van der Waals surface area contributed by atoms with Gasteiger partial charge in [0.1, 0.15) is 5.75 Å². The van der Waals surface area contributed by atoms with Crippen LogP contribution in [0.5, 0.6) is 5.75 Å². The van der Waals surface area contributed by atoms with Crippen LogP contribution in [0.15, 0.2) is 24.3 Å². The molecule has 4 nitrogen and oxygen atoms in total. The first-order valence-corrected chi connectivity index (χ1v) is 7.87. The summed E-state index contributed by atoms with van der Waals surface area (Å²) in [5.41, 5.74) is 1.05. The number of hydrogen-bond acceptors (Lipinski definition) is 3. The molecule has 1 fully saturated rings. The molecule has 5 heteroatoms. The van der Waals surface area contributed by atoms with Crippen LogP contribution in [0.4, 0.5) is 0 Å². The van der Waals surface area contributed by atoms with Gasteiger partial charge in [-0.3, -0.25) is 4.79 Å². The maximum absolute atomic E-state index is 12.4. The molecule has 1 aliphatic rings.